The molecule has 0 saturated heterocycles. The van der Waals surface area contributed by atoms with Crippen LogP contribution in [0.25, 0.3) is 11.5 Å². The van der Waals surface area contributed by atoms with Gasteiger partial charge in [0, 0.05) is 10.5 Å². The topological polar surface area (TPSA) is 56.7 Å². The predicted molar refractivity (Wildman–Crippen MR) is 77.6 cm³/mol. The van der Waals surface area contributed by atoms with Gasteiger partial charge in [0.2, 0.25) is 5.89 Å². The first kappa shape index (κ1) is 12.9. The van der Waals surface area contributed by atoms with Crippen molar-refractivity contribution in [3.8, 4) is 11.5 Å². The number of hydrogen-bond acceptors (Lipinski definition) is 5. The predicted octanol–water partition coefficient (Wildman–Crippen LogP) is 3.01. The van der Waals surface area contributed by atoms with Crippen LogP contribution in [0.15, 0.2) is 46.2 Å². The normalized spacial score (nSPS) is 10.9. The molecule has 6 heteroatoms. The van der Waals surface area contributed by atoms with Crippen molar-refractivity contribution < 1.29 is 4.42 Å². The van der Waals surface area contributed by atoms with E-state index in [1.54, 1.807) is 22.8 Å². The lowest BCUT2D eigenvalue weighted by Gasteiger charge is -1.97. The number of thioether (sulfide) groups is 1. The maximum absolute atomic E-state index is 5.74. The van der Waals surface area contributed by atoms with Crippen molar-refractivity contribution in [2.24, 2.45) is 0 Å². The molecule has 2 aromatic heterocycles. The number of oxazole rings is 1. The van der Waals surface area contributed by atoms with Crippen molar-refractivity contribution in [3.63, 3.8) is 0 Å². The number of rotatable bonds is 4. The minimum absolute atomic E-state index is 0.568. The van der Waals surface area contributed by atoms with Gasteiger partial charge in [-0.25, -0.2) is 14.6 Å². The van der Waals surface area contributed by atoms with Crippen LogP contribution in [0.1, 0.15) is 11.5 Å². The van der Waals surface area contributed by atoms with E-state index in [4.69, 9.17) is 4.42 Å². The summed E-state index contributed by atoms with van der Waals surface area (Å²) >= 11 is 1.71. The van der Waals surface area contributed by atoms with E-state index in [0.717, 1.165) is 17.0 Å². The second-order valence-corrected chi connectivity index (χ2v) is 5.22. The Kier molecular flexibility index (Phi) is 3.56. The van der Waals surface area contributed by atoms with Crippen molar-refractivity contribution in [3.05, 3.63) is 48.4 Å². The molecule has 0 aliphatic rings. The van der Waals surface area contributed by atoms with Crippen molar-refractivity contribution in [1.82, 2.24) is 19.7 Å². The highest BCUT2D eigenvalue weighted by molar-refractivity contribution is 7.98. The molecule has 3 rings (SSSR count). The van der Waals surface area contributed by atoms with Gasteiger partial charge in [-0.2, -0.15) is 5.10 Å². The van der Waals surface area contributed by atoms with Crippen LogP contribution in [-0.2, 0) is 6.54 Å². The van der Waals surface area contributed by atoms with Crippen LogP contribution < -0.4 is 0 Å². The Morgan fingerprint density at radius 1 is 1.25 bits per heavy atom. The lowest BCUT2D eigenvalue weighted by molar-refractivity contribution is 0.536. The smallest absolute Gasteiger partial charge is 0.226 e. The quantitative estimate of drug-likeness (QED) is 0.690. The van der Waals surface area contributed by atoms with E-state index in [1.807, 2.05) is 19.1 Å². The van der Waals surface area contributed by atoms with Gasteiger partial charge < -0.3 is 4.42 Å². The van der Waals surface area contributed by atoms with E-state index >= 15 is 0 Å². The molecule has 1 aromatic carbocycles. The number of benzene rings is 1. The Bertz CT molecular complexity index is 689. The van der Waals surface area contributed by atoms with Crippen LogP contribution in [0, 0.1) is 6.92 Å². The van der Waals surface area contributed by atoms with E-state index in [1.165, 1.54) is 11.2 Å². The SMILES string of the molecule is CSc1ccc(-c2nc(Cn3cncn3)c(C)o2)cc1. The van der Waals surface area contributed by atoms with Gasteiger partial charge in [0.05, 0.1) is 6.54 Å². The Labute approximate surface area is 121 Å². The molecule has 0 atom stereocenters. The first-order valence-corrected chi connectivity index (χ1v) is 7.42. The van der Waals surface area contributed by atoms with E-state index in [2.05, 4.69) is 33.5 Å². The lowest BCUT2D eigenvalue weighted by Crippen LogP contribution is -2.01. The third-order valence-electron chi connectivity index (χ3n) is 3.01. The number of hydrogen-bond donors (Lipinski definition) is 0. The molecule has 0 radical (unpaired) electrons. The standard InChI is InChI=1S/C14H14N4OS/c1-10-13(7-18-9-15-8-16-18)17-14(19-10)11-3-5-12(20-2)6-4-11/h3-6,8-9H,7H2,1-2H3. The average Bonchev–Trinajstić information content (AvgIpc) is 3.10. The monoisotopic (exact) mass is 286 g/mol. The van der Waals surface area contributed by atoms with Gasteiger partial charge in [-0.1, -0.05) is 0 Å². The minimum Gasteiger partial charge on any atom is -0.441 e. The molecular formula is C14H14N4OS. The molecule has 0 aliphatic carbocycles. The van der Waals surface area contributed by atoms with E-state index < -0.39 is 0 Å². The summed E-state index contributed by atoms with van der Waals surface area (Å²) in [5, 5.41) is 4.08. The van der Waals surface area contributed by atoms with Crippen molar-refractivity contribution in [1.29, 1.82) is 0 Å². The maximum atomic E-state index is 5.74. The highest BCUT2D eigenvalue weighted by Crippen LogP contribution is 2.24. The van der Waals surface area contributed by atoms with E-state index in [0.29, 0.717) is 12.4 Å². The average molecular weight is 286 g/mol. The summed E-state index contributed by atoms with van der Waals surface area (Å²) in [7, 11) is 0. The van der Waals surface area contributed by atoms with Crippen LogP contribution in [0.5, 0.6) is 0 Å². The third kappa shape index (κ3) is 2.60. The molecule has 0 bridgehead atoms. The molecule has 0 spiro atoms. The van der Waals surface area contributed by atoms with Crippen LogP contribution in [0.4, 0.5) is 0 Å². The molecule has 0 fully saturated rings. The van der Waals surface area contributed by atoms with Crippen molar-refractivity contribution in [2.45, 2.75) is 18.4 Å². The van der Waals surface area contributed by atoms with Crippen LogP contribution in [0.2, 0.25) is 0 Å². The van der Waals surface area contributed by atoms with Crippen molar-refractivity contribution in [2.75, 3.05) is 6.26 Å². The van der Waals surface area contributed by atoms with E-state index in [9.17, 15) is 0 Å². The number of aryl methyl sites for hydroxylation is 1. The number of nitrogens with zero attached hydrogens (tertiary/aromatic N) is 4. The molecule has 102 valence electrons. The van der Waals surface area contributed by atoms with Crippen LogP contribution in [0.3, 0.4) is 0 Å². The van der Waals surface area contributed by atoms with Crippen LogP contribution >= 0.6 is 11.8 Å². The molecule has 0 aliphatic heterocycles. The van der Waals surface area contributed by atoms with Gasteiger partial charge in [0.15, 0.2) is 0 Å². The second-order valence-electron chi connectivity index (χ2n) is 4.34. The molecule has 0 saturated carbocycles. The van der Waals surface area contributed by atoms with Crippen molar-refractivity contribution >= 4 is 11.8 Å². The Morgan fingerprint density at radius 2 is 2.05 bits per heavy atom. The zero-order valence-corrected chi connectivity index (χ0v) is 12.1. The molecule has 5 nitrogen and oxygen atoms in total. The van der Waals surface area contributed by atoms with Gasteiger partial charge in [0.1, 0.15) is 24.1 Å². The summed E-state index contributed by atoms with van der Waals surface area (Å²) < 4.78 is 7.47. The fourth-order valence-electron chi connectivity index (χ4n) is 1.90. The van der Waals surface area contributed by atoms with E-state index in [-0.39, 0.29) is 0 Å². The molecule has 0 unspecified atom stereocenters. The highest BCUT2D eigenvalue weighted by atomic mass is 32.2. The van der Waals surface area contributed by atoms with Gasteiger partial charge in [-0.05, 0) is 37.4 Å². The first-order chi connectivity index (χ1) is 9.76. The second kappa shape index (κ2) is 5.50. The first-order valence-electron chi connectivity index (χ1n) is 6.19. The molecule has 20 heavy (non-hydrogen) atoms. The molecule has 0 N–H and O–H groups in total. The summed E-state index contributed by atoms with van der Waals surface area (Å²) in [6.45, 7) is 2.48. The Balaban J connectivity index is 1.87. The van der Waals surface area contributed by atoms with Gasteiger partial charge in [0.25, 0.3) is 0 Å². The van der Waals surface area contributed by atoms with Gasteiger partial charge >= 0.3 is 0 Å². The maximum Gasteiger partial charge on any atom is 0.226 e. The molecule has 0 amide bonds. The largest absolute Gasteiger partial charge is 0.441 e. The lowest BCUT2D eigenvalue weighted by atomic mass is 10.2. The molecule has 2 heterocycles. The minimum atomic E-state index is 0.568. The van der Waals surface area contributed by atoms with Crippen LogP contribution in [-0.4, -0.2) is 26.0 Å². The fourth-order valence-corrected chi connectivity index (χ4v) is 2.31. The van der Waals surface area contributed by atoms with Gasteiger partial charge in [-0.3, -0.25) is 0 Å². The Hall–Kier alpha value is -2.08. The van der Waals surface area contributed by atoms with Gasteiger partial charge in [-0.15, -0.1) is 11.8 Å². The summed E-state index contributed by atoms with van der Waals surface area (Å²) in [6, 6.07) is 8.18. The number of aromatic nitrogens is 4. The summed E-state index contributed by atoms with van der Waals surface area (Å²) in [4.78, 5) is 9.69. The zero-order chi connectivity index (χ0) is 13.9. The highest BCUT2D eigenvalue weighted by Gasteiger charge is 2.12. The fraction of sp³-hybridized carbons (Fsp3) is 0.214. The third-order valence-corrected chi connectivity index (χ3v) is 3.75. The molecule has 3 aromatic rings. The summed E-state index contributed by atoms with van der Waals surface area (Å²) in [5.41, 5.74) is 1.86. The molecular weight excluding hydrogens is 272 g/mol. The summed E-state index contributed by atoms with van der Waals surface area (Å²) in [6.07, 6.45) is 5.24. The summed E-state index contributed by atoms with van der Waals surface area (Å²) in [5.74, 6) is 1.45. The Morgan fingerprint density at radius 3 is 2.70 bits per heavy atom. The zero-order valence-electron chi connectivity index (χ0n) is 11.3.